The number of fused-ring (bicyclic) bond motifs is 3. The van der Waals surface area contributed by atoms with Crippen molar-refractivity contribution >= 4 is 5.91 Å². The van der Waals surface area contributed by atoms with Crippen LogP contribution in [0.5, 0.6) is 5.88 Å². The molecule has 176 valence electrons. The highest BCUT2D eigenvalue weighted by Crippen LogP contribution is 2.39. The molecule has 3 atom stereocenters. The lowest BCUT2D eigenvalue weighted by Crippen LogP contribution is -2.59. The molecule has 1 aliphatic carbocycles. The average molecular weight is 468 g/mol. The maximum Gasteiger partial charge on any atom is 0.417 e. The molecule has 0 N–H and O–H groups in total. The number of aromatic nitrogens is 3. The van der Waals surface area contributed by atoms with Gasteiger partial charge in [-0.1, -0.05) is 6.07 Å². The van der Waals surface area contributed by atoms with Crippen LogP contribution in [0.1, 0.15) is 40.7 Å². The Morgan fingerprint density at radius 1 is 1.03 bits per heavy atom. The Hall–Kier alpha value is -3.49. The molecule has 0 aromatic carbocycles. The lowest BCUT2D eigenvalue weighted by Gasteiger charge is -2.49. The Bertz CT molecular complexity index is 1200. The van der Waals surface area contributed by atoms with Crippen LogP contribution in [0, 0.1) is 12.8 Å². The summed E-state index contributed by atoms with van der Waals surface area (Å²) in [5, 5.41) is 0. The zero-order valence-electron chi connectivity index (χ0n) is 18.5. The molecule has 2 bridgehead atoms. The van der Waals surface area contributed by atoms with Crippen LogP contribution in [0.25, 0.3) is 11.4 Å². The van der Waals surface area contributed by atoms with Crippen molar-refractivity contribution in [3.63, 3.8) is 0 Å². The van der Waals surface area contributed by atoms with E-state index in [-0.39, 0.29) is 29.9 Å². The zero-order valence-corrected chi connectivity index (χ0v) is 18.5. The minimum absolute atomic E-state index is 0.129. The van der Waals surface area contributed by atoms with Crippen LogP contribution in [-0.2, 0) is 6.18 Å². The molecular formula is C25H23F3N4O2. The van der Waals surface area contributed by atoms with Crippen LogP contribution < -0.4 is 4.74 Å². The van der Waals surface area contributed by atoms with Gasteiger partial charge in [-0.2, -0.15) is 13.2 Å². The first-order chi connectivity index (χ1) is 16.3. The van der Waals surface area contributed by atoms with E-state index in [9.17, 15) is 18.0 Å². The third kappa shape index (κ3) is 4.22. The van der Waals surface area contributed by atoms with Crippen LogP contribution in [-0.4, -0.2) is 44.4 Å². The minimum atomic E-state index is -4.45. The predicted molar refractivity (Wildman–Crippen MR) is 118 cm³/mol. The van der Waals surface area contributed by atoms with Crippen molar-refractivity contribution in [3.8, 4) is 17.3 Å². The third-order valence-electron chi connectivity index (χ3n) is 6.59. The molecular weight excluding hydrogens is 445 g/mol. The number of pyridine rings is 3. The Morgan fingerprint density at radius 2 is 1.79 bits per heavy atom. The summed E-state index contributed by atoms with van der Waals surface area (Å²) in [7, 11) is 0. The number of carbonyl (C=O) groups is 1. The summed E-state index contributed by atoms with van der Waals surface area (Å²) >= 11 is 0. The van der Waals surface area contributed by atoms with Gasteiger partial charge in [-0.3, -0.25) is 14.8 Å². The van der Waals surface area contributed by atoms with Crippen molar-refractivity contribution in [2.75, 3.05) is 6.54 Å². The van der Waals surface area contributed by atoms with Gasteiger partial charge in [-0.25, -0.2) is 4.98 Å². The Labute approximate surface area is 194 Å². The fourth-order valence-corrected chi connectivity index (χ4v) is 4.92. The average Bonchev–Trinajstić information content (AvgIpc) is 2.84. The van der Waals surface area contributed by atoms with Crippen molar-refractivity contribution in [1.29, 1.82) is 0 Å². The topological polar surface area (TPSA) is 68.2 Å². The number of nitrogens with zero attached hydrogens (tertiary/aromatic N) is 4. The van der Waals surface area contributed by atoms with E-state index >= 15 is 0 Å². The number of ether oxygens (including phenoxy) is 1. The highest BCUT2D eigenvalue weighted by Gasteiger charge is 2.45. The second-order valence-corrected chi connectivity index (χ2v) is 8.81. The number of halogens is 3. The number of aryl methyl sites for hydroxylation is 1. The van der Waals surface area contributed by atoms with Crippen LogP contribution in [0.2, 0.25) is 0 Å². The molecule has 3 fully saturated rings. The van der Waals surface area contributed by atoms with Gasteiger partial charge in [-0.05, 0) is 61.9 Å². The third-order valence-corrected chi connectivity index (χ3v) is 6.59. The summed E-state index contributed by atoms with van der Waals surface area (Å²) in [5.41, 5.74) is 1.77. The van der Waals surface area contributed by atoms with Crippen molar-refractivity contribution in [2.45, 2.75) is 44.5 Å². The Morgan fingerprint density at radius 3 is 2.47 bits per heavy atom. The molecule has 1 saturated carbocycles. The summed E-state index contributed by atoms with van der Waals surface area (Å²) in [6.07, 6.45) is 1.78. The molecule has 1 unspecified atom stereocenters. The number of hydrogen-bond acceptors (Lipinski definition) is 5. The summed E-state index contributed by atoms with van der Waals surface area (Å²) in [4.78, 5) is 28.3. The van der Waals surface area contributed by atoms with E-state index in [1.807, 2.05) is 24.0 Å². The molecule has 3 aromatic heterocycles. The van der Waals surface area contributed by atoms with Crippen LogP contribution in [0.3, 0.4) is 0 Å². The first-order valence-corrected chi connectivity index (χ1v) is 11.2. The monoisotopic (exact) mass is 468 g/mol. The zero-order chi connectivity index (χ0) is 23.9. The molecule has 9 heteroatoms. The number of rotatable bonds is 4. The van der Waals surface area contributed by atoms with E-state index in [0.717, 1.165) is 37.1 Å². The van der Waals surface area contributed by atoms with Gasteiger partial charge in [0.15, 0.2) is 0 Å². The number of alkyl halides is 3. The quantitative estimate of drug-likeness (QED) is 0.543. The Kier molecular flexibility index (Phi) is 5.71. The normalized spacial score (nSPS) is 22.0. The van der Waals surface area contributed by atoms with Gasteiger partial charge in [0.05, 0.1) is 22.9 Å². The van der Waals surface area contributed by atoms with Gasteiger partial charge in [-0.15, -0.1) is 0 Å². The molecule has 6 nitrogen and oxygen atoms in total. The van der Waals surface area contributed by atoms with Crippen LogP contribution >= 0.6 is 0 Å². The SMILES string of the molecule is Cc1cccnc1-c1ncccc1C(=O)N1CC2CC[C@H]1[C@H](Oc1ccc(C(F)(F)F)cn1)C2. The van der Waals surface area contributed by atoms with Crippen molar-refractivity contribution in [2.24, 2.45) is 5.92 Å². The number of carbonyl (C=O) groups excluding carboxylic acids is 1. The molecule has 0 radical (unpaired) electrons. The second kappa shape index (κ2) is 8.70. The standard InChI is InChI=1S/C25H23F3N4O2/c1-15-4-2-10-29-22(15)23-18(5-3-11-30-23)24(33)32-14-16-6-8-19(32)20(12-16)34-21-9-7-17(13-31-21)25(26,27)28/h2-5,7,9-11,13,16,19-20H,6,8,12,14H2,1H3/t16?,19-,20+/m0/s1. The van der Waals surface area contributed by atoms with E-state index in [4.69, 9.17) is 4.74 Å². The minimum Gasteiger partial charge on any atom is -0.472 e. The lowest BCUT2D eigenvalue weighted by molar-refractivity contribution is -0.137. The number of hydrogen-bond donors (Lipinski definition) is 0. The van der Waals surface area contributed by atoms with Gasteiger partial charge in [0.25, 0.3) is 5.91 Å². The smallest absolute Gasteiger partial charge is 0.417 e. The van der Waals surface area contributed by atoms with E-state index in [0.29, 0.717) is 23.5 Å². The number of amides is 1. The van der Waals surface area contributed by atoms with Crippen molar-refractivity contribution in [3.05, 3.63) is 71.7 Å². The largest absolute Gasteiger partial charge is 0.472 e. The predicted octanol–water partition coefficient (Wildman–Crippen LogP) is 4.94. The fourth-order valence-electron chi connectivity index (χ4n) is 4.92. The molecule has 3 aromatic rings. The van der Waals surface area contributed by atoms with Gasteiger partial charge in [0, 0.05) is 31.2 Å². The molecule has 2 saturated heterocycles. The van der Waals surface area contributed by atoms with E-state index in [1.165, 1.54) is 6.07 Å². The summed E-state index contributed by atoms with van der Waals surface area (Å²) in [6, 6.07) is 9.26. The van der Waals surface area contributed by atoms with Crippen molar-refractivity contribution < 1.29 is 22.7 Å². The maximum absolute atomic E-state index is 13.7. The summed E-state index contributed by atoms with van der Waals surface area (Å²) < 4.78 is 44.5. The summed E-state index contributed by atoms with van der Waals surface area (Å²) in [6.45, 7) is 2.54. The molecule has 5 heterocycles. The molecule has 3 aliphatic rings. The van der Waals surface area contributed by atoms with Gasteiger partial charge >= 0.3 is 6.18 Å². The second-order valence-electron chi connectivity index (χ2n) is 8.81. The molecule has 6 rings (SSSR count). The van der Waals surface area contributed by atoms with E-state index < -0.39 is 11.7 Å². The first-order valence-electron chi connectivity index (χ1n) is 11.2. The molecule has 34 heavy (non-hydrogen) atoms. The molecule has 0 spiro atoms. The summed E-state index contributed by atoms with van der Waals surface area (Å²) in [5.74, 6) is 0.241. The number of piperidine rings is 2. The van der Waals surface area contributed by atoms with E-state index in [2.05, 4.69) is 15.0 Å². The van der Waals surface area contributed by atoms with Gasteiger partial charge < -0.3 is 9.64 Å². The highest BCUT2D eigenvalue weighted by molar-refractivity contribution is 6.00. The van der Waals surface area contributed by atoms with Gasteiger partial charge in [0.2, 0.25) is 5.88 Å². The lowest BCUT2D eigenvalue weighted by atomic mass is 9.77. The maximum atomic E-state index is 13.7. The molecule has 2 aliphatic heterocycles. The first kappa shape index (κ1) is 22.3. The van der Waals surface area contributed by atoms with Gasteiger partial charge in [0.1, 0.15) is 11.8 Å². The van der Waals surface area contributed by atoms with Crippen molar-refractivity contribution in [1.82, 2.24) is 19.9 Å². The van der Waals surface area contributed by atoms with Crippen LogP contribution in [0.15, 0.2) is 55.0 Å². The Balaban J connectivity index is 1.40. The van der Waals surface area contributed by atoms with E-state index in [1.54, 1.807) is 24.5 Å². The fraction of sp³-hybridized carbons (Fsp3) is 0.360. The molecule has 1 amide bonds. The van der Waals surface area contributed by atoms with Crippen LogP contribution in [0.4, 0.5) is 13.2 Å². The highest BCUT2D eigenvalue weighted by atomic mass is 19.4.